The third-order valence-electron chi connectivity index (χ3n) is 3.16. The van der Waals surface area contributed by atoms with Crippen molar-refractivity contribution in [3.8, 4) is 0 Å². The van der Waals surface area contributed by atoms with Crippen LogP contribution in [0.15, 0.2) is 10.6 Å². The Labute approximate surface area is 112 Å². The number of carbonyl (C=O) groups excluding carboxylic acids is 1. The molecule has 1 aliphatic rings. The molecule has 1 atom stereocenters. The minimum absolute atomic E-state index is 0.0211. The molecule has 19 heavy (non-hydrogen) atoms. The van der Waals surface area contributed by atoms with Gasteiger partial charge in [0, 0.05) is 46.4 Å². The zero-order chi connectivity index (χ0) is 13.7. The van der Waals surface area contributed by atoms with E-state index in [0.29, 0.717) is 25.5 Å². The predicted molar refractivity (Wildman–Crippen MR) is 68.4 cm³/mol. The summed E-state index contributed by atoms with van der Waals surface area (Å²) in [5, 5.41) is 9.92. The van der Waals surface area contributed by atoms with Gasteiger partial charge in [-0.3, -0.25) is 9.69 Å². The van der Waals surface area contributed by atoms with Gasteiger partial charge in [0.25, 0.3) is 0 Å². The summed E-state index contributed by atoms with van der Waals surface area (Å²) in [7, 11) is 3.27. The molecule has 2 heterocycles. The highest BCUT2D eigenvalue weighted by atomic mass is 16.5. The third-order valence-corrected chi connectivity index (χ3v) is 3.16. The van der Waals surface area contributed by atoms with Gasteiger partial charge in [-0.15, -0.1) is 0 Å². The third kappa shape index (κ3) is 3.52. The minimum Gasteiger partial charge on any atom is -0.377 e. The van der Waals surface area contributed by atoms with Crippen molar-refractivity contribution in [2.75, 3.05) is 33.8 Å². The number of piperazine rings is 1. The molecule has 0 aromatic carbocycles. The lowest BCUT2D eigenvalue weighted by atomic mass is 10.1. The van der Waals surface area contributed by atoms with Crippen molar-refractivity contribution in [2.24, 2.45) is 0 Å². The smallest absolute Gasteiger partial charge is 0.238 e. The van der Waals surface area contributed by atoms with E-state index in [4.69, 9.17) is 9.26 Å². The molecule has 0 bridgehead atoms. The molecule has 1 aromatic heterocycles. The summed E-state index contributed by atoms with van der Waals surface area (Å²) in [4.78, 5) is 13.9. The monoisotopic (exact) mass is 268 g/mol. The first kappa shape index (κ1) is 14.0. The van der Waals surface area contributed by atoms with Crippen molar-refractivity contribution in [3.05, 3.63) is 17.5 Å². The molecular formula is C12H20N4O3. The molecule has 0 radical (unpaired) electrons. The first-order chi connectivity index (χ1) is 9.24. The molecule has 106 valence electrons. The number of aromatic nitrogens is 1. The molecule has 0 saturated carbocycles. The van der Waals surface area contributed by atoms with E-state index in [9.17, 15) is 4.79 Å². The molecule has 7 heteroatoms. The number of hydrogen-bond acceptors (Lipinski definition) is 6. The minimum atomic E-state index is -0.165. The van der Waals surface area contributed by atoms with Crippen molar-refractivity contribution in [1.29, 1.82) is 0 Å². The van der Waals surface area contributed by atoms with E-state index >= 15 is 0 Å². The van der Waals surface area contributed by atoms with Crippen LogP contribution in [-0.2, 0) is 22.7 Å². The molecule has 1 amide bonds. The predicted octanol–water partition coefficient (Wildman–Crippen LogP) is -0.659. The zero-order valence-corrected chi connectivity index (χ0v) is 11.3. The Morgan fingerprint density at radius 1 is 1.74 bits per heavy atom. The summed E-state index contributed by atoms with van der Waals surface area (Å²) in [5.41, 5.74) is 0.822. The van der Waals surface area contributed by atoms with Gasteiger partial charge in [-0.25, -0.2) is 0 Å². The molecule has 1 unspecified atom stereocenters. The maximum atomic E-state index is 11.8. The highest BCUT2D eigenvalue weighted by Crippen LogP contribution is 2.12. The van der Waals surface area contributed by atoms with E-state index in [1.165, 1.54) is 0 Å². The quantitative estimate of drug-likeness (QED) is 0.738. The molecule has 1 aromatic rings. The standard InChI is InChI=1S/C12H20N4O3/c1-13-12(17)11-6-14-3-4-16(11)7-9-5-10(8-18-2)19-15-9/h5,11,14H,3-4,6-8H2,1-2H3,(H,13,17). The lowest BCUT2D eigenvalue weighted by Crippen LogP contribution is -2.56. The van der Waals surface area contributed by atoms with Gasteiger partial charge in [0.05, 0.1) is 5.69 Å². The van der Waals surface area contributed by atoms with Crippen LogP contribution >= 0.6 is 0 Å². The topological polar surface area (TPSA) is 79.6 Å². The summed E-state index contributed by atoms with van der Waals surface area (Å²) in [5.74, 6) is 0.719. The molecule has 7 nitrogen and oxygen atoms in total. The molecule has 0 aliphatic carbocycles. The Balaban J connectivity index is 2.00. The fourth-order valence-corrected chi connectivity index (χ4v) is 2.21. The Bertz CT molecular complexity index is 421. The summed E-state index contributed by atoms with van der Waals surface area (Å²) >= 11 is 0. The van der Waals surface area contributed by atoms with Crippen molar-refractivity contribution >= 4 is 5.91 Å². The highest BCUT2D eigenvalue weighted by Gasteiger charge is 2.28. The van der Waals surface area contributed by atoms with Gasteiger partial charge in [0.15, 0.2) is 5.76 Å². The van der Waals surface area contributed by atoms with E-state index in [-0.39, 0.29) is 11.9 Å². The molecular weight excluding hydrogens is 248 g/mol. The number of carbonyl (C=O) groups is 1. The fourth-order valence-electron chi connectivity index (χ4n) is 2.21. The van der Waals surface area contributed by atoms with Crippen LogP contribution in [0.2, 0.25) is 0 Å². The lowest BCUT2D eigenvalue weighted by Gasteiger charge is -2.34. The molecule has 1 fully saturated rings. The van der Waals surface area contributed by atoms with Crippen LogP contribution in [-0.4, -0.2) is 55.8 Å². The van der Waals surface area contributed by atoms with Crippen LogP contribution in [0.25, 0.3) is 0 Å². The van der Waals surface area contributed by atoms with Crippen LogP contribution in [0, 0.1) is 0 Å². The van der Waals surface area contributed by atoms with E-state index in [1.54, 1.807) is 14.2 Å². The van der Waals surface area contributed by atoms with E-state index in [2.05, 4.69) is 20.7 Å². The van der Waals surface area contributed by atoms with Gasteiger partial charge in [-0.2, -0.15) is 0 Å². The van der Waals surface area contributed by atoms with Gasteiger partial charge < -0.3 is 19.9 Å². The number of nitrogens with one attached hydrogen (secondary N) is 2. The second-order valence-corrected chi connectivity index (χ2v) is 4.52. The molecule has 2 N–H and O–H groups in total. The summed E-state index contributed by atoms with van der Waals surface area (Å²) < 4.78 is 10.1. The molecule has 1 aliphatic heterocycles. The first-order valence-electron chi connectivity index (χ1n) is 6.34. The van der Waals surface area contributed by atoms with Crippen LogP contribution < -0.4 is 10.6 Å². The SMILES string of the molecule is CNC(=O)C1CNCCN1Cc1cc(COC)on1. The van der Waals surface area contributed by atoms with Gasteiger partial charge >= 0.3 is 0 Å². The summed E-state index contributed by atoms with van der Waals surface area (Å²) in [6.07, 6.45) is 0. The molecule has 0 spiro atoms. The fraction of sp³-hybridized carbons (Fsp3) is 0.667. The normalized spacial score (nSPS) is 20.4. The van der Waals surface area contributed by atoms with Gasteiger partial charge in [0.1, 0.15) is 12.6 Å². The Morgan fingerprint density at radius 3 is 3.32 bits per heavy atom. The van der Waals surface area contributed by atoms with E-state index < -0.39 is 0 Å². The number of ether oxygens (including phenoxy) is 1. The number of methoxy groups -OCH3 is 1. The zero-order valence-electron chi connectivity index (χ0n) is 11.3. The van der Waals surface area contributed by atoms with Crippen molar-refractivity contribution in [1.82, 2.24) is 20.7 Å². The number of nitrogens with zero attached hydrogens (tertiary/aromatic N) is 2. The summed E-state index contributed by atoms with van der Waals surface area (Å²) in [6.45, 7) is 3.35. The number of likely N-dealkylation sites (N-methyl/N-ethyl adjacent to an activating group) is 1. The van der Waals surface area contributed by atoms with Gasteiger partial charge in [-0.1, -0.05) is 5.16 Å². The second-order valence-electron chi connectivity index (χ2n) is 4.52. The van der Waals surface area contributed by atoms with E-state index in [1.807, 2.05) is 6.07 Å². The van der Waals surface area contributed by atoms with Crippen LogP contribution in [0.3, 0.4) is 0 Å². The van der Waals surface area contributed by atoms with Crippen LogP contribution in [0.1, 0.15) is 11.5 Å². The lowest BCUT2D eigenvalue weighted by molar-refractivity contribution is -0.126. The van der Waals surface area contributed by atoms with Gasteiger partial charge in [-0.05, 0) is 0 Å². The highest BCUT2D eigenvalue weighted by molar-refractivity contribution is 5.81. The number of amides is 1. The van der Waals surface area contributed by atoms with Crippen molar-refractivity contribution in [2.45, 2.75) is 19.2 Å². The average molecular weight is 268 g/mol. The van der Waals surface area contributed by atoms with Crippen LogP contribution in [0.5, 0.6) is 0 Å². The maximum absolute atomic E-state index is 11.8. The molecule has 1 saturated heterocycles. The largest absolute Gasteiger partial charge is 0.377 e. The average Bonchev–Trinajstić information content (AvgIpc) is 2.86. The first-order valence-corrected chi connectivity index (χ1v) is 6.34. The molecule has 2 rings (SSSR count). The Hall–Kier alpha value is -1.44. The Kier molecular flexibility index (Phi) is 4.89. The van der Waals surface area contributed by atoms with Crippen molar-refractivity contribution in [3.63, 3.8) is 0 Å². The van der Waals surface area contributed by atoms with Crippen molar-refractivity contribution < 1.29 is 14.1 Å². The van der Waals surface area contributed by atoms with E-state index in [0.717, 1.165) is 18.8 Å². The van der Waals surface area contributed by atoms with Crippen LogP contribution in [0.4, 0.5) is 0 Å². The number of hydrogen-bond donors (Lipinski definition) is 2. The number of rotatable bonds is 5. The Morgan fingerprint density at radius 2 is 2.58 bits per heavy atom. The summed E-state index contributed by atoms with van der Waals surface area (Å²) in [6, 6.07) is 1.70. The maximum Gasteiger partial charge on any atom is 0.238 e. The van der Waals surface area contributed by atoms with Gasteiger partial charge in [0.2, 0.25) is 5.91 Å². The second kappa shape index (κ2) is 6.65.